The van der Waals surface area contributed by atoms with Crippen molar-refractivity contribution in [1.29, 1.82) is 0 Å². The van der Waals surface area contributed by atoms with Crippen LogP contribution >= 0.6 is 11.8 Å². The highest BCUT2D eigenvalue weighted by Crippen LogP contribution is 2.27. The highest BCUT2D eigenvalue weighted by molar-refractivity contribution is 7.98. The van der Waals surface area contributed by atoms with Crippen LogP contribution in [0.25, 0.3) is 0 Å². The predicted molar refractivity (Wildman–Crippen MR) is 123 cm³/mol. The van der Waals surface area contributed by atoms with Crippen molar-refractivity contribution in [2.75, 3.05) is 19.3 Å². The van der Waals surface area contributed by atoms with Gasteiger partial charge in [0.05, 0.1) is 0 Å². The molecule has 1 fully saturated rings. The van der Waals surface area contributed by atoms with E-state index in [1.165, 1.54) is 4.90 Å². The lowest BCUT2D eigenvalue weighted by atomic mass is 9.89. The second-order valence-corrected chi connectivity index (χ2v) is 8.93. The molecule has 2 aromatic rings. The zero-order chi connectivity index (χ0) is 21.5. The largest absolute Gasteiger partial charge is 0.348 e. The minimum atomic E-state index is -0.0731. The van der Waals surface area contributed by atoms with Crippen molar-refractivity contribution in [3.63, 3.8) is 0 Å². The Bertz CT molecular complexity index is 867. The first kappa shape index (κ1) is 22.2. The molecule has 0 aromatic heterocycles. The highest BCUT2D eigenvalue weighted by atomic mass is 32.2. The van der Waals surface area contributed by atoms with Crippen LogP contribution in [0.3, 0.4) is 0 Å². The van der Waals surface area contributed by atoms with Crippen LogP contribution in [0.1, 0.15) is 54.1 Å². The molecule has 2 aromatic carbocycles. The molecule has 6 heteroatoms. The van der Waals surface area contributed by atoms with Crippen LogP contribution in [0.4, 0.5) is 4.79 Å². The van der Waals surface area contributed by atoms with E-state index in [1.54, 1.807) is 11.8 Å². The fourth-order valence-corrected chi connectivity index (χ4v) is 4.14. The molecule has 1 aliphatic rings. The molecule has 0 bridgehead atoms. The number of hydrogen-bond acceptors (Lipinski definition) is 3. The van der Waals surface area contributed by atoms with Crippen molar-refractivity contribution >= 4 is 23.7 Å². The third-order valence-corrected chi connectivity index (χ3v) is 6.10. The first-order valence-corrected chi connectivity index (χ1v) is 11.7. The number of likely N-dealkylation sites (tertiary alicyclic amines) is 1. The molecule has 1 atom stereocenters. The SMILES string of the molecule is CSc1ccc(CNC(=O)c2cccc([C@H]3CCCN(C(=O)NC(C)C)C3)c2)cc1. The number of piperidine rings is 1. The van der Waals surface area contributed by atoms with Gasteiger partial charge in [-0.1, -0.05) is 24.3 Å². The summed E-state index contributed by atoms with van der Waals surface area (Å²) < 4.78 is 0. The van der Waals surface area contributed by atoms with Crippen LogP contribution in [0.15, 0.2) is 53.4 Å². The number of rotatable bonds is 6. The molecule has 0 aliphatic carbocycles. The van der Waals surface area contributed by atoms with Gasteiger partial charge in [0.1, 0.15) is 0 Å². The maximum absolute atomic E-state index is 12.7. The number of urea groups is 1. The van der Waals surface area contributed by atoms with Gasteiger partial charge in [-0.05, 0) is 68.3 Å². The molecule has 3 amide bonds. The number of thioether (sulfide) groups is 1. The number of nitrogens with one attached hydrogen (secondary N) is 2. The van der Waals surface area contributed by atoms with Crippen LogP contribution in [0.5, 0.6) is 0 Å². The van der Waals surface area contributed by atoms with Crippen molar-refractivity contribution in [2.24, 2.45) is 0 Å². The third kappa shape index (κ3) is 6.02. The van der Waals surface area contributed by atoms with Gasteiger partial charge in [-0.2, -0.15) is 0 Å². The average molecular weight is 426 g/mol. The van der Waals surface area contributed by atoms with Crippen molar-refractivity contribution in [3.05, 3.63) is 65.2 Å². The van der Waals surface area contributed by atoms with E-state index < -0.39 is 0 Å². The molecule has 1 heterocycles. The number of carbonyl (C=O) groups is 2. The van der Waals surface area contributed by atoms with Crippen LogP contribution in [0, 0.1) is 0 Å². The highest BCUT2D eigenvalue weighted by Gasteiger charge is 2.25. The van der Waals surface area contributed by atoms with Gasteiger partial charge in [-0.25, -0.2) is 4.79 Å². The van der Waals surface area contributed by atoms with E-state index in [9.17, 15) is 9.59 Å². The molecule has 30 heavy (non-hydrogen) atoms. The van der Waals surface area contributed by atoms with Crippen LogP contribution in [-0.2, 0) is 6.54 Å². The Balaban J connectivity index is 1.61. The summed E-state index contributed by atoms with van der Waals surface area (Å²) in [5.41, 5.74) is 2.86. The topological polar surface area (TPSA) is 61.4 Å². The molecule has 0 radical (unpaired) electrons. The van der Waals surface area contributed by atoms with Gasteiger partial charge < -0.3 is 15.5 Å². The molecule has 1 aliphatic heterocycles. The van der Waals surface area contributed by atoms with Gasteiger partial charge in [0.25, 0.3) is 5.91 Å². The standard InChI is InChI=1S/C24H31N3O2S/c1-17(2)26-24(29)27-13-5-8-21(16-27)19-6-4-7-20(14-19)23(28)25-15-18-9-11-22(30-3)12-10-18/h4,6-7,9-12,14,17,21H,5,8,13,15-16H2,1-3H3,(H,25,28)(H,26,29)/t21-/m0/s1. The van der Waals surface area contributed by atoms with E-state index in [2.05, 4.69) is 28.8 Å². The zero-order valence-electron chi connectivity index (χ0n) is 18.0. The van der Waals surface area contributed by atoms with Gasteiger partial charge >= 0.3 is 6.03 Å². The minimum Gasteiger partial charge on any atom is -0.348 e. The normalized spacial score (nSPS) is 16.4. The van der Waals surface area contributed by atoms with Crippen molar-refractivity contribution < 1.29 is 9.59 Å². The van der Waals surface area contributed by atoms with Crippen molar-refractivity contribution in [1.82, 2.24) is 15.5 Å². The Hall–Kier alpha value is -2.47. The minimum absolute atomic E-state index is 0.00362. The molecule has 5 nitrogen and oxygen atoms in total. The molecular weight excluding hydrogens is 394 g/mol. The molecule has 0 spiro atoms. The number of hydrogen-bond donors (Lipinski definition) is 2. The van der Waals surface area contributed by atoms with Gasteiger partial charge in [0.2, 0.25) is 0 Å². The Morgan fingerprint density at radius 1 is 1.17 bits per heavy atom. The summed E-state index contributed by atoms with van der Waals surface area (Å²) in [6.07, 6.45) is 4.04. The van der Waals surface area contributed by atoms with E-state index in [-0.39, 0.29) is 23.9 Å². The maximum Gasteiger partial charge on any atom is 0.317 e. The average Bonchev–Trinajstić information content (AvgIpc) is 2.77. The number of amides is 3. The molecule has 160 valence electrons. The second kappa shape index (κ2) is 10.5. The van der Waals surface area contributed by atoms with Crippen molar-refractivity contribution in [3.8, 4) is 0 Å². The second-order valence-electron chi connectivity index (χ2n) is 8.05. The summed E-state index contributed by atoms with van der Waals surface area (Å²) in [7, 11) is 0. The Kier molecular flexibility index (Phi) is 7.80. The summed E-state index contributed by atoms with van der Waals surface area (Å²) in [6, 6.07) is 16.2. The Labute approximate surface area is 183 Å². The summed E-state index contributed by atoms with van der Waals surface area (Å²) >= 11 is 1.70. The molecule has 0 saturated carbocycles. The number of carbonyl (C=O) groups excluding carboxylic acids is 2. The Morgan fingerprint density at radius 3 is 2.63 bits per heavy atom. The summed E-state index contributed by atoms with van der Waals surface area (Å²) in [6.45, 7) is 5.91. The maximum atomic E-state index is 12.7. The quantitative estimate of drug-likeness (QED) is 0.663. The Morgan fingerprint density at radius 2 is 1.93 bits per heavy atom. The van der Waals surface area contributed by atoms with Crippen LogP contribution < -0.4 is 10.6 Å². The number of benzene rings is 2. The van der Waals surface area contributed by atoms with Gasteiger partial charge in [-0.15, -0.1) is 11.8 Å². The molecule has 2 N–H and O–H groups in total. The number of nitrogens with zero attached hydrogens (tertiary/aromatic N) is 1. The van der Waals surface area contributed by atoms with E-state index in [0.717, 1.165) is 30.5 Å². The lowest BCUT2D eigenvalue weighted by Gasteiger charge is -2.33. The molecule has 1 saturated heterocycles. The first-order valence-electron chi connectivity index (χ1n) is 10.5. The molecule has 0 unspecified atom stereocenters. The smallest absolute Gasteiger partial charge is 0.317 e. The van der Waals surface area contributed by atoms with Crippen LogP contribution in [0.2, 0.25) is 0 Å². The monoisotopic (exact) mass is 425 g/mol. The van der Waals surface area contributed by atoms with Gasteiger partial charge in [-0.3, -0.25) is 4.79 Å². The summed E-state index contributed by atoms with van der Waals surface area (Å²) in [5.74, 6) is 0.180. The summed E-state index contributed by atoms with van der Waals surface area (Å²) in [5, 5.41) is 5.99. The van der Waals surface area contributed by atoms with Gasteiger partial charge in [0, 0.05) is 42.1 Å². The fourth-order valence-electron chi connectivity index (χ4n) is 3.73. The van der Waals surface area contributed by atoms with E-state index in [4.69, 9.17) is 0 Å². The van der Waals surface area contributed by atoms with E-state index in [1.807, 2.05) is 55.3 Å². The zero-order valence-corrected chi connectivity index (χ0v) is 18.8. The molecular formula is C24H31N3O2S. The van der Waals surface area contributed by atoms with Crippen LogP contribution in [-0.4, -0.2) is 42.2 Å². The predicted octanol–water partition coefficient (Wildman–Crippen LogP) is 4.64. The summed E-state index contributed by atoms with van der Waals surface area (Å²) in [4.78, 5) is 28.1. The first-order chi connectivity index (χ1) is 14.5. The van der Waals surface area contributed by atoms with E-state index in [0.29, 0.717) is 18.7 Å². The molecule has 3 rings (SSSR count). The van der Waals surface area contributed by atoms with Crippen molar-refractivity contribution in [2.45, 2.75) is 50.1 Å². The van der Waals surface area contributed by atoms with Gasteiger partial charge in [0.15, 0.2) is 0 Å². The lowest BCUT2D eigenvalue weighted by Crippen LogP contribution is -2.47. The van der Waals surface area contributed by atoms with E-state index >= 15 is 0 Å². The third-order valence-electron chi connectivity index (χ3n) is 5.35. The lowest BCUT2D eigenvalue weighted by molar-refractivity contribution is 0.0950. The fraction of sp³-hybridized carbons (Fsp3) is 0.417.